The Morgan fingerprint density at radius 1 is 1.29 bits per heavy atom. The van der Waals surface area contributed by atoms with E-state index in [2.05, 4.69) is 37.1 Å². The van der Waals surface area contributed by atoms with Crippen LogP contribution in [0.4, 0.5) is 0 Å². The van der Waals surface area contributed by atoms with Crippen LogP contribution in [-0.4, -0.2) is 18.1 Å². The lowest BCUT2D eigenvalue weighted by atomic mass is 9.70. The van der Waals surface area contributed by atoms with Gasteiger partial charge in [-0.15, -0.1) is 0 Å². The second-order valence-electron chi connectivity index (χ2n) is 6.92. The van der Waals surface area contributed by atoms with Crippen LogP contribution in [0.15, 0.2) is 18.5 Å². The fourth-order valence-corrected chi connectivity index (χ4v) is 3.38. The average molecular weight is 290 g/mol. The average Bonchev–Trinajstić information content (AvgIpc) is 2.46. The summed E-state index contributed by atoms with van der Waals surface area (Å²) >= 11 is 0. The van der Waals surface area contributed by atoms with E-state index in [0.717, 1.165) is 12.3 Å². The maximum Gasteiger partial charge on any atom is 0.137 e. The largest absolute Gasteiger partial charge is 0.492 e. The van der Waals surface area contributed by atoms with E-state index in [4.69, 9.17) is 4.74 Å². The van der Waals surface area contributed by atoms with Crippen LogP contribution in [0.2, 0.25) is 0 Å². The van der Waals surface area contributed by atoms with E-state index in [-0.39, 0.29) is 0 Å². The highest BCUT2D eigenvalue weighted by molar-refractivity contribution is 5.26. The molecule has 1 aromatic heterocycles. The minimum Gasteiger partial charge on any atom is -0.492 e. The lowest BCUT2D eigenvalue weighted by Crippen LogP contribution is -2.33. The molecule has 0 aromatic carbocycles. The van der Waals surface area contributed by atoms with Crippen molar-refractivity contribution in [1.82, 2.24) is 10.3 Å². The summed E-state index contributed by atoms with van der Waals surface area (Å²) in [5, 5.41) is 3.67. The first-order valence-corrected chi connectivity index (χ1v) is 8.37. The monoisotopic (exact) mass is 290 g/mol. The second-order valence-corrected chi connectivity index (χ2v) is 6.92. The van der Waals surface area contributed by atoms with Crippen molar-refractivity contribution in [2.45, 2.75) is 59.4 Å². The van der Waals surface area contributed by atoms with Crippen LogP contribution in [0.3, 0.4) is 0 Å². The molecule has 1 saturated carbocycles. The van der Waals surface area contributed by atoms with Crippen molar-refractivity contribution in [3.63, 3.8) is 0 Å². The lowest BCUT2D eigenvalue weighted by molar-refractivity contribution is 0.162. The van der Waals surface area contributed by atoms with Crippen LogP contribution in [0.5, 0.6) is 5.75 Å². The molecule has 0 bridgehead atoms. The van der Waals surface area contributed by atoms with Gasteiger partial charge >= 0.3 is 0 Å². The molecule has 0 amide bonds. The highest BCUT2D eigenvalue weighted by Gasteiger charge is 2.31. The zero-order valence-corrected chi connectivity index (χ0v) is 14.0. The smallest absolute Gasteiger partial charge is 0.137 e. The first kappa shape index (κ1) is 16.3. The molecule has 2 rings (SSSR count). The van der Waals surface area contributed by atoms with Gasteiger partial charge in [-0.1, -0.05) is 20.8 Å². The van der Waals surface area contributed by atoms with Crippen LogP contribution >= 0.6 is 0 Å². The molecule has 1 unspecified atom stereocenters. The van der Waals surface area contributed by atoms with Crippen molar-refractivity contribution >= 4 is 0 Å². The normalized spacial score (nSPS) is 20.2. The standard InChI is InChI=1S/C18H30N2O/c1-5-20-17(14-7-9-18(3,4)10-8-14)15-11-16(21-6-2)13-19-12-15/h11-14,17,20H,5-10H2,1-4H3. The zero-order chi connectivity index (χ0) is 15.3. The third-order valence-electron chi connectivity index (χ3n) is 4.68. The van der Waals surface area contributed by atoms with E-state index in [1.165, 1.54) is 31.2 Å². The molecule has 1 fully saturated rings. The molecular weight excluding hydrogens is 260 g/mol. The summed E-state index contributed by atoms with van der Waals surface area (Å²) < 4.78 is 5.60. The number of rotatable bonds is 6. The Labute approximate surface area is 129 Å². The lowest BCUT2D eigenvalue weighted by Gasteiger charge is -2.38. The van der Waals surface area contributed by atoms with Gasteiger partial charge in [0.2, 0.25) is 0 Å². The number of hydrogen-bond donors (Lipinski definition) is 1. The van der Waals surface area contributed by atoms with Crippen molar-refractivity contribution in [1.29, 1.82) is 0 Å². The molecular formula is C18H30N2O. The van der Waals surface area contributed by atoms with E-state index in [9.17, 15) is 0 Å². The van der Waals surface area contributed by atoms with Crippen LogP contribution in [-0.2, 0) is 0 Å². The fourth-order valence-electron chi connectivity index (χ4n) is 3.38. The molecule has 1 heterocycles. The predicted octanol–water partition coefficient (Wildman–Crippen LogP) is 4.35. The quantitative estimate of drug-likeness (QED) is 0.846. The Kier molecular flexibility index (Phi) is 5.63. The van der Waals surface area contributed by atoms with Gasteiger partial charge in [0.15, 0.2) is 0 Å². The Morgan fingerprint density at radius 2 is 2.00 bits per heavy atom. The van der Waals surface area contributed by atoms with Gasteiger partial charge in [0, 0.05) is 12.2 Å². The Morgan fingerprint density at radius 3 is 2.62 bits per heavy atom. The Hall–Kier alpha value is -1.09. The molecule has 0 saturated heterocycles. The summed E-state index contributed by atoms with van der Waals surface area (Å²) in [7, 11) is 0. The van der Waals surface area contributed by atoms with Crippen molar-refractivity contribution in [3.05, 3.63) is 24.0 Å². The summed E-state index contributed by atoms with van der Waals surface area (Å²) in [5.74, 6) is 1.59. The number of nitrogens with one attached hydrogen (secondary N) is 1. The molecule has 1 aromatic rings. The summed E-state index contributed by atoms with van der Waals surface area (Å²) in [4.78, 5) is 4.36. The van der Waals surface area contributed by atoms with Gasteiger partial charge in [-0.2, -0.15) is 0 Å². The van der Waals surface area contributed by atoms with Gasteiger partial charge in [0.05, 0.1) is 12.8 Å². The molecule has 3 heteroatoms. The van der Waals surface area contributed by atoms with Crippen molar-refractivity contribution in [2.75, 3.05) is 13.2 Å². The Bertz CT molecular complexity index is 435. The summed E-state index contributed by atoms with van der Waals surface area (Å²) in [6.07, 6.45) is 9.03. The maximum atomic E-state index is 5.60. The minimum absolute atomic E-state index is 0.402. The zero-order valence-electron chi connectivity index (χ0n) is 14.0. The molecule has 118 valence electrons. The van der Waals surface area contributed by atoms with E-state index < -0.39 is 0 Å². The topological polar surface area (TPSA) is 34.2 Å². The van der Waals surface area contributed by atoms with Gasteiger partial charge in [-0.05, 0) is 62.1 Å². The molecule has 1 atom stereocenters. The number of nitrogens with zero attached hydrogens (tertiary/aromatic N) is 1. The van der Waals surface area contributed by atoms with Gasteiger partial charge in [-0.25, -0.2) is 0 Å². The number of aromatic nitrogens is 1. The van der Waals surface area contributed by atoms with Crippen molar-refractivity contribution < 1.29 is 4.74 Å². The highest BCUT2D eigenvalue weighted by atomic mass is 16.5. The number of pyridine rings is 1. The van der Waals surface area contributed by atoms with Crippen molar-refractivity contribution in [2.24, 2.45) is 11.3 Å². The maximum absolute atomic E-state index is 5.60. The Balaban J connectivity index is 2.13. The highest BCUT2D eigenvalue weighted by Crippen LogP contribution is 2.42. The molecule has 0 spiro atoms. The second kappa shape index (κ2) is 7.26. The first-order valence-electron chi connectivity index (χ1n) is 8.37. The van der Waals surface area contributed by atoms with Gasteiger partial charge in [0.25, 0.3) is 0 Å². The minimum atomic E-state index is 0.402. The molecule has 3 nitrogen and oxygen atoms in total. The van der Waals surface area contributed by atoms with E-state index in [0.29, 0.717) is 24.0 Å². The molecule has 0 aliphatic heterocycles. The first-order chi connectivity index (χ1) is 10.1. The van der Waals surface area contributed by atoms with E-state index >= 15 is 0 Å². The van der Waals surface area contributed by atoms with Gasteiger partial charge in [0.1, 0.15) is 5.75 Å². The van der Waals surface area contributed by atoms with Crippen LogP contribution in [0.25, 0.3) is 0 Å². The molecule has 0 radical (unpaired) electrons. The molecule has 21 heavy (non-hydrogen) atoms. The fraction of sp³-hybridized carbons (Fsp3) is 0.722. The summed E-state index contributed by atoms with van der Waals surface area (Å²) in [6, 6.07) is 2.56. The number of hydrogen-bond acceptors (Lipinski definition) is 3. The van der Waals surface area contributed by atoms with Crippen LogP contribution < -0.4 is 10.1 Å². The third-order valence-corrected chi connectivity index (χ3v) is 4.68. The number of ether oxygens (including phenoxy) is 1. The SMILES string of the molecule is CCNC(c1cncc(OCC)c1)C1CCC(C)(C)CC1. The predicted molar refractivity (Wildman–Crippen MR) is 87.6 cm³/mol. The molecule has 1 N–H and O–H groups in total. The molecule has 1 aliphatic carbocycles. The van der Waals surface area contributed by atoms with E-state index in [1.807, 2.05) is 13.1 Å². The van der Waals surface area contributed by atoms with Crippen molar-refractivity contribution in [3.8, 4) is 5.75 Å². The third kappa shape index (κ3) is 4.44. The summed E-state index contributed by atoms with van der Waals surface area (Å²) in [5.41, 5.74) is 1.78. The van der Waals surface area contributed by atoms with Gasteiger partial charge < -0.3 is 10.1 Å². The molecule has 1 aliphatic rings. The van der Waals surface area contributed by atoms with E-state index in [1.54, 1.807) is 6.20 Å². The van der Waals surface area contributed by atoms with Gasteiger partial charge in [-0.3, -0.25) is 4.98 Å². The summed E-state index contributed by atoms with van der Waals surface area (Å²) in [6.45, 7) is 10.7. The van der Waals surface area contributed by atoms with Crippen LogP contribution in [0.1, 0.15) is 65.0 Å². The van der Waals surface area contributed by atoms with Crippen LogP contribution in [0, 0.1) is 11.3 Å².